The highest BCUT2D eigenvalue weighted by molar-refractivity contribution is 8.01. The summed E-state index contributed by atoms with van der Waals surface area (Å²) in [5.74, 6) is 0.559. The number of hydrogen-bond acceptors (Lipinski definition) is 7. The molecule has 0 fully saturated rings. The van der Waals surface area contributed by atoms with Crippen LogP contribution in [0.3, 0.4) is 0 Å². The molecule has 2 aromatic rings. The van der Waals surface area contributed by atoms with Crippen LogP contribution >= 0.6 is 34.7 Å². The fourth-order valence-corrected chi connectivity index (χ4v) is 3.15. The van der Waals surface area contributed by atoms with Crippen LogP contribution in [0.25, 0.3) is 0 Å². The smallest absolute Gasteiger partial charge is 0.180 e. The Morgan fingerprint density at radius 1 is 1.41 bits per heavy atom. The van der Waals surface area contributed by atoms with Crippen LogP contribution in [0, 0.1) is 6.92 Å². The van der Waals surface area contributed by atoms with Gasteiger partial charge in [0, 0.05) is 13.2 Å². The first-order chi connectivity index (χ1) is 8.17. The fourth-order valence-electron chi connectivity index (χ4n) is 1.10. The summed E-state index contributed by atoms with van der Waals surface area (Å²) in [6.45, 7) is 2.24. The summed E-state index contributed by atoms with van der Waals surface area (Å²) in [6.07, 6.45) is 0. The van der Waals surface area contributed by atoms with Crippen molar-refractivity contribution in [2.24, 2.45) is 0 Å². The molecule has 2 aromatic heterocycles. The van der Waals surface area contributed by atoms with Crippen LogP contribution in [0.4, 0.5) is 0 Å². The first-order valence-corrected chi connectivity index (χ1v) is 6.69. The normalized spacial score (nSPS) is 10.8. The van der Waals surface area contributed by atoms with E-state index in [2.05, 4.69) is 20.2 Å². The number of rotatable bonds is 4. The van der Waals surface area contributed by atoms with Crippen molar-refractivity contribution in [3.8, 4) is 0 Å². The van der Waals surface area contributed by atoms with E-state index in [0.717, 1.165) is 14.4 Å². The van der Waals surface area contributed by atoms with Crippen molar-refractivity contribution in [3.63, 3.8) is 0 Å². The molecular weight excluding hydrogens is 280 g/mol. The average Bonchev–Trinajstić information content (AvgIpc) is 2.63. The Balaban J connectivity index is 2.20. The SMILES string of the molecule is COCc1nc(Cl)cc(Sc2nnc(C)s2)n1. The summed E-state index contributed by atoms with van der Waals surface area (Å²) in [5.41, 5.74) is 0. The largest absolute Gasteiger partial charge is 0.377 e. The quantitative estimate of drug-likeness (QED) is 0.806. The second-order valence-corrected chi connectivity index (χ2v) is 5.90. The molecule has 0 amide bonds. The van der Waals surface area contributed by atoms with Gasteiger partial charge in [-0.25, -0.2) is 9.97 Å². The molecule has 0 N–H and O–H groups in total. The zero-order valence-electron chi connectivity index (χ0n) is 9.18. The van der Waals surface area contributed by atoms with Crippen LogP contribution in [0.15, 0.2) is 15.4 Å². The van der Waals surface area contributed by atoms with Crippen molar-refractivity contribution in [2.45, 2.75) is 22.9 Å². The number of nitrogens with zero attached hydrogens (tertiary/aromatic N) is 4. The van der Waals surface area contributed by atoms with Gasteiger partial charge in [0.25, 0.3) is 0 Å². The highest BCUT2D eigenvalue weighted by atomic mass is 35.5. The van der Waals surface area contributed by atoms with Gasteiger partial charge in [-0.05, 0) is 18.7 Å². The lowest BCUT2D eigenvalue weighted by Crippen LogP contribution is -1.98. The molecule has 0 spiro atoms. The molecule has 90 valence electrons. The van der Waals surface area contributed by atoms with Crippen LogP contribution in [-0.4, -0.2) is 27.3 Å². The minimum atomic E-state index is 0.337. The summed E-state index contributed by atoms with van der Waals surface area (Å²) in [4.78, 5) is 8.36. The fraction of sp³-hybridized carbons (Fsp3) is 0.333. The number of halogens is 1. The molecule has 0 atom stereocenters. The van der Waals surface area contributed by atoms with Crippen LogP contribution in [0.1, 0.15) is 10.8 Å². The van der Waals surface area contributed by atoms with E-state index in [0.29, 0.717) is 17.6 Å². The molecule has 0 unspecified atom stereocenters. The maximum Gasteiger partial charge on any atom is 0.180 e. The van der Waals surface area contributed by atoms with Gasteiger partial charge < -0.3 is 4.74 Å². The van der Waals surface area contributed by atoms with E-state index in [1.807, 2.05) is 6.92 Å². The zero-order chi connectivity index (χ0) is 12.3. The maximum absolute atomic E-state index is 5.90. The third-order valence-corrected chi connectivity index (χ3v) is 3.69. The Morgan fingerprint density at radius 2 is 2.24 bits per heavy atom. The third kappa shape index (κ3) is 3.60. The van der Waals surface area contributed by atoms with Gasteiger partial charge in [0.15, 0.2) is 10.2 Å². The monoisotopic (exact) mass is 288 g/mol. The lowest BCUT2D eigenvalue weighted by atomic mass is 10.6. The molecule has 0 aliphatic rings. The average molecular weight is 289 g/mol. The van der Waals surface area contributed by atoms with E-state index in [1.165, 1.54) is 23.1 Å². The molecule has 2 heterocycles. The number of aryl methyl sites for hydroxylation is 1. The number of ether oxygens (including phenoxy) is 1. The Morgan fingerprint density at radius 3 is 2.88 bits per heavy atom. The van der Waals surface area contributed by atoms with Crippen molar-refractivity contribution < 1.29 is 4.74 Å². The molecule has 2 rings (SSSR count). The number of methoxy groups -OCH3 is 1. The van der Waals surface area contributed by atoms with E-state index in [-0.39, 0.29) is 0 Å². The second-order valence-electron chi connectivity index (χ2n) is 3.07. The van der Waals surface area contributed by atoms with Gasteiger partial charge in [-0.2, -0.15) is 0 Å². The first-order valence-electron chi connectivity index (χ1n) is 4.67. The van der Waals surface area contributed by atoms with Gasteiger partial charge in [0.2, 0.25) is 0 Å². The lowest BCUT2D eigenvalue weighted by Gasteiger charge is -2.02. The summed E-state index contributed by atoms with van der Waals surface area (Å²) >= 11 is 8.83. The van der Waals surface area contributed by atoms with Crippen LogP contribution in [0.2, 0.25) is 5.15 Å². The molecule has 0 bridgehead atoms. The lowest BCUT2D eigenvalue weighted by molar-refractivity contribution is 0.177. The molecule has 0 radical (unpaired) electrons. The van der Waals surface area contributed by atoms with Crippen molar-refractivity contribution in [1.82, 2.24) is 20.2 Å². The topological polar surface area (TPSA) is 60.8 Å². The molecule has 0 saturated heterocycles. The minimum Gasteiger partial charge on any atom is -0.377 e. The summed E-state index contributed by atoms with van der Waals surface area (Å²) in [5, 5.41) is 10.0. The second kappa shape index (κ2) is 5.72. The molecule has 17 heavy (non-hydrogen) atoms. The third-order valence-electron chi connectivity index (χ3n) is 1.69. The summed E-state index contributed by atoms with van der Waals surface area (Å²) < 4.78 is 5.81. The molecule has 0 saturated carbocycles. The van der Waals surface area contributed by atoms with Crippen LogP contribution in [0.5, 0.6) is 0 Å². The molecule has 5 nitrogen and oxygen atoms in total. The highest BCUT2D eigenvalue weighted by Gasteiger charge is 2.08. The predicted octanol–water partition coefficient (Wildman–Crippen LogP) is 2.59. The van der Waals surface area contributed by atoms with E-state index in [1.54, 1.807) is 13.2 Å². The van der Waals surface area contributed by atoms with Crippen LogP contribution < -0.4 is 0 Å². The maximum atomic E-state index is 5.90. The van der Waals surface area contributed by atoms with E-state index in [9.17, 15) is 0 Å². The highest BCUT2D eigenvalue weighted by Crippen LogP contribution is 2.29. The predicted molar refractivity (Wildman–Crippen MR) is 66.5 cm³/mol. The van der Waals surface area contributed by atoms with Crippen molar-refractivity contribution in [2.75, 3.05) is 7.11 Å². The molecule has 8 heteroatoms. The van der Waals surface area contributed by atoms with Gasteiger partial charge in [-0.1, -0.05) is 22.9 Å². The Hall–Kier alpha value is -0.760. The van der Waals surface area contributed by atoms with Gasteiger partial charge >= 0.3 is 0 Å². The minimum absolute atomic E-state index is 0.337. The Labute approximate surface area is 112 Å². The van der Waals surface area contributed by atoms with Gasteiger partial charge in [0.05, 0.1) is 0 Å². The Bertz CT molecular complexity index is 519. The molecular formula is C9H9ClN4OS2. The molecule has 0 aliphatic carbocycles. The van der Waals surface area contributed by atoms with Gasteiger partial charge in [0.1, 0.15) is 21.8 Å². The van der Waals surface area contributed by atoms with E-state index >= 15 is 0 Å². The van der Waals surface area contributed by atoms with E-state index < -0.39 is 0 Å². The standard InChI is InChI=1S/C9H9ClN4OS2/c1-5-13-14-9(16-5)17-8-3-6(10)11-7(12-8)4-15-2/h3H,4H2,1-2H3. The number of hydrogen-bond donors (Lipinski definition) is 0. The van der Waals surface area contributed by atoms with Gasteiger partial charge in [-0.15, -0.1) is 10.2 Å². The molecule has 0 aromatic carbocycles. The van der Waals surface area contributed by atoms with Crippen molar-refractivity contribution >= 4 is 34.7 Å². The molecule has 0 aliphatic heterocycles. The Kier molecular flexibility index (Phi) is 4.27. The first kappa shape index (κ1) is 12.7. The van der Waals surface area contributed by atoms with Crippen LogP contribution in [-0.2, 0) is 11.3 Å². The van der Waals surface area contributed by atoms with Crippen molar-refractivity contribution in [1.29, 1.82) is 0 Å². The van der Waals surface area contributed by atoms with E-state index in [4.69, 9.17) is 16.3 Å². The summed E-state index contributed by atoms with van der Waals surface area (Å²) in [6, 6.07) is 1.70. The van der Waals surface area contributed by atoms with Gasteiger partial charge in [-0.3, -0.25) is 0 Å². The number of aromatic nitrogens is 4. The van der Waals surface area contributed by atoms with Crippen molar-refractivity contribution in [3.05, 3.63) is 22.1 Å². The summed E-state index contributed by atoms with van der Waals surface area (Å²) in [7, 11) is 1.59. The zero-order valence-corrected chi connectivity index (χ0v) is 11.6.